The number of hydrogen-bond donors (Lipinski definition) is 0. The van der Waals surface area contributed by atoms with E-state index in [4.69, 9.17) is 0 Å². The van der Waals surface area contributed by atoms with Crippen molar-refractivity contribution < 1.29 is 54.8 Å². The van der Waals surface area contributed by atoms with E-state index >= 15 is 0 Å². The number of rotatable bonds is 1. The van der Waals surface area contributed by atoms with Gasteiger partial charge in [-0.25, -0.2) is 8.42 Å². The predicted molar refractivity (Wildman–Crippen MR) is 33.8 cm³/mol. The van der Waals surface area contributed by atoms with Gasteiger partial charge < -0.3 is 0 Å². The SMILES string of the molecule is O=C1C(=O)C(S(=O)(=O)C(F)(F)F)C1=O.[Li+]. The fourth-order valence-corrected chi connectivity index (χ4v) is 1.86. The molecule has 0 N–H and O–H groups in total. The quantitative estimate of drug-likeness (QED) is 0.264. The van der Waals surface area contributed by atoms with E-state index < -0.39 is 37.9 Å². The predicted octanol–water partition coefficient (Wildman–Crippen LogP) is -3.99. The molecule has 0 atom stereocenters. The van der Waals surface area contributed by atoms with Crippen LogP contribution in [0.4, 0.5) is 13.2 Å². The molecular formula is C5HF3LiO5S+. The summed E-state index contributed by atoms with van der Waals surface area (Å²) in [7, 11) is -5.89. The Kier molecular flexibility index (Phi) is 3.57. The number of Topliss-reactive ketones (excluding diaryl/α,β-unsaturated/α-hetero) is 3. The molecule has 0 aromatic carbocycles. The van der Waals surface area contributed by atoms with Crippen LogP contribution in [0.3, 0.4) is 0 Å². The van der Waals surface area contributed by atoms with Gasteiger partial charge in [-0.1, -0.05) is 0 Å². The van der Waals surface area contributed by atoms with Gasteiger partial charge >= 0.3 is 24.4 Å². The number of carbonyl (C=O) groups is 3. The molecule has 0 saturated heterocycles. The van der Waals surface area contributed by atoms with Gasteiger partial charge in [0.2, 0.25) is 16.8 Å². The van der Waals surface area contributed by atoms with Gasteiger partial charge in [0.05, 0.1) is 0 Å². The van der Waals surface area contributed by atoms with Gasteiger partial charge in [0.25, 0.3) is 15.6 Å². The van der Waals surface area contributed by atoms with E-state index in [1.165, 1.54) is 0 Å². The first-order valence-electron chi connectivity index (χ1n) is 3.03. The zero-order valence-corrected chi connectivity index (χ0v) is 7.98. The van der Waals surface area contributed by atoms with Gasteiger partial charge in [0.1, 0.15) is 0 Å². The summed E-state index contributed by atoms with van der Waals surface area (Å²) in [6, 6.07) is 0. The Balaban J connectivity index is 0.00000196. The second kappa shape index (κ2) is 3.73. The summed E-state index contributed by atoms with van der Waals surface area (Å²) in [6.45, 7) is 0. The monoisotopic (exact) mass is 237 g/mol. The van der Waals surface area contributed by atoms with Crippen LogP contribution in [0.1, 0.15) is 0 Å². The molecule has 0 aromatic rings. The van der Waals surface area contributed by atoms with Crippen LogP contribution in [0.2, 0.25) is 0 Å². The molecule has 0 aromatic heterocycles. The van der Waals surface area contributed by atoms with Crippen LogP contribution in [0.15, 0.2) is 0 Å². The number of alkyl halides is 3. The smallest absolute Gasteiger partial charge is 0.288 e. The molecule has 0 spiro atoms. The van der Waals surface area contributed by atoms with Crippen molar-refractivity contribution in [2.45, 2.75) is 10.8 Å². The topological polar surface area (TPSA) is 85.3 Å². The van der Waals surface area contributed by atoms with Crippen LogP contribution in [-0.2, 0) is 24.2 Å². The Morgan fingerprint density at radius 3 is 1.60 bits per heavy atom. The van der Waals surface area contributed by atoms with Crippen molar-refractivity contribution in [1.82, 2.24) is 0 Å². The van der Waals surface area contributed by atoms with Crippen LogP contribution in [-0.4, -0.2) is 36.5 Å². The molecule has 1 aliphatic rings. The third kappa shape index (κ3) is 1.87. The molecule has 0 unspecified atom stereocenters. The minimum atomic E-state index is -5.89. The number of ketones is 3. The second-order valence-corrected chi connectivity index (χ2v) is 4.45. The fraction of sp³-hybridized carbons (Fsp3) is 0.400. The van der Waals surface area contributed by atoms with Gasteiger partial charge in [-0.3, -0.25) is 14.4 Å². The zero-order valence-electron chi connectivity index (χ0n) is 7.16. The summed E-state index contributed by atoms with van der Waals surface area (Å²) in [6.07, 6.45) is 0. The summed E-state index contributed by atoms with van der Waals surface area (Å²) < 4.78 is 56.3. The molecule has 0 heterocycles. The second-order valence-electron chi connectivity index (χ2n) is 2.43. The van der Waals surface area contributed by atoms with Gasteiger partial charge in [-0.05, 0) is 0 Å². The van der Waals surface area contributed by atoms with Crippen molar-refractivity contribution in [2.75, 3.05) is 0 Å². The van der Waals surface area contributed by atoms with Crippen molar-refractivity contribution in [3.63, 3.8) is 0 Å². The van der Waals surface area contributed by atoms with E-state index in [2.05, 4.69) is 0 Å². The van der Waals surface area contributed by atoms with Gasteiger partial charge in [0, 0.05) is 0 Å². The number of hydrogen-bond acceptors (Lipinski definition) is 5. The van der Waals surface area contributed by atoms with Crippen molar-refractivity contribution >= 4 is 27.2 Å². The molecule has 5 nitrogen and oxygen atoms in total. The molecule has 1 fully saturated rings. The third-order valence-corrected chi connectivity index (χ3v) is 3.25. The molecule has 1 saturated carbocycles. The van der Waals surface area contributed by atoms with Crippen LogP contribution < -0.4 is 18.9 Å². The number of carbonyl (C=O) groups excluding carboxylic acids is 3. The minimum Gasteiger partial charge on any atom is -0.288 e. The Morgan fingerprint density at radius 2 is 1.33 bits per heavy atom. The van der Waals surface area contributed by atoms with Crippen molar-refractivity contribution in [1.29, 1.82) is 0 Å². The average Bonchev–Trinajstić information content (AvgIpc) is 2.01. The molecule has 0 bridgehead atoms. The van der Waals surface area contributed by atoms with Crippen LogP contribution in [0.25, 0.3) is 0 Å². The van der Waals surface area contributed by atoms with E-state index in [9.17, 15) is 36.0 Å². The molecule has 78 valence electrons. The Bertz CT molecular complexity index is 418. The first kappa shape index (κ1) is 14.3. The molecular weight excluding hydrogens is 236 g/mol. The normalized spacial score (nSPS) is 18.5. The van der Waals surface area contributed by atoms with Crippen LogP contribution in [0.5, 0.6) is 0 Å². The maximum atomic E-state index is 11.8. The van der Waals surface area contributed by atoms with E-state index in [-0.39, 0.29) is 18.9 Å². The Morgan fingerprint density at radius 1 is 1.00 bits per heavy atom. The van der Waals surface area contributed by atoms with Crippen LogP contribution >= 0.6 is 0 Å². The standard InChI is InChI=1S/C5HF3O5S.Li/c6-5(7,8)14(12,13)4-2(10)1(9)3(4)11;/h4H;/q;+1. The van der Waals surface area contributed by atoms with Crippen LogP contribution in [0, 0.1) is 0 Å². The average molecular weight is 237 g/mol. The first-order chi connectivity index (χ1) is 6.10. The Labute approximate surface area is 93.1 Å². The summed E-state index contributed by atoms with van der Waals surface area (Å²) in [5.41, 5.74) is -5.70. The molecule has 15 heavy (non-hydrogen) atoms. The van der Waals surface area contributed by atoms with E-state index in [0.29, 0.717) is 0 Å². The summed E-state index contributed by atoms with van der Waals surface area (Å²) in [4.78, 5) is 31.0. The van der Waals surface area contributed by atoms with Gasteiger partial charge in [-0.2, -0.15) is 13.2 Å². The Hall–Kier alpha value is -0.653. The third-order valence-electron chi connectivity index (χ3n) is 1.56. The summed E-state index contributed by atoms with van der Waals surface area (Å²) in [5.74, 6) is -5.36. The molecule has 10 heteroatoms. The van der Waals surface area contributed by atoms with Crippen molar-refractivity contribution in [3.8, 4) is 0 Å². The van der Waals surface area contributed by atoms with Gasteiger partial charge in [0.15, 0.2) is 0 Å². The molecule has 0 amide bonds. The zero-order chi connectivity index (χ0) is 11.3. The van der Waals surface area contributed by atoms with Crippen molar-refractivity contribution in [2.24, 2.45) is 0 Å². The molecule has 1 rings (SSSR count). The maximum absolute atomic E-state index is 11.8. The van der Waals surface area contributed by atoms with E-state index in [1.807, 2.05) is 0 Å². The van der Waals surface area contributed by atoms with E-state index in [1.54, 1.807) is 0 Å². The van der Waals surface area contributed by atoms with Gasteiger partial charge in [-0.15, -0.1) is 0 Å². The molecule has 1 aliphatic carbocycles. The summed E-state index contributed by atoms with van der Waals surface area (Å²) >= 11 is 0. The number of halogens is 3. The maximum Gasteiger partial charge on any atom is 1.00 e. The van der Waals surface area contributed by atoms with E-state index in [0.717, 1.165) is 0 Å². The molecule has 0 radical (unpaired) electrons. The largest absolute Gasteiger partial charge is 1.00 e. The minimum absolute atomic E-state index is 0. The molecule has 0 aliphatic heterocycles. The summed E-state index contributed by atoms with van der Waals surface area (Å²) in [5, 5.41) is -2.88. The first-order valence-corrected chi connectivity index (χ1v) is 4.58. The number of sulfone groups is 1. The fourth-order valence-electron chi connectivity index (χ4n) is 0.816. The van der Waals surface area contributed by atoms with Crippen molar-refractivity contribution in [3.05, 3.63) is 0 Å².